The van der Waals surface area contributed by atoms with Gasteiger partial charge in [0.15, 0.2) is 0 Å². The second-order valence-electron chi connectivity index (χ2n) is 3.77. The summed E-state index contributed by atoms with van der Waals surface area (Å²) in [7, 11) is 0. The lowest BCUT2D eigenvalue weighted by Gasteiger charge is -2.17. The molecule has 0 aromatic carbocycles. The SMILES string of the molecule is CC(C)C(NC(=O)c1cc(Br)c(Br)s1)C(=O)O. The predicted octanol–water partition coefficient (Wildman–Crippen LogP) is 3.11. The van der Waals surface area contributed by atoms with Gasteiger partial charge in [0.1, 0.15) is 6.04 Å². The Morgan fingerprint density at radius 2 is 2.00 bits per heavy atom. The Hall–Kier alpha value is -0.400. The number of thiophene rings is 1. The molecule has 0 aliphatic carbocycles. The van der Waals surface area contributed by atoms with Gasteiger partial charge in [-0.25, -0.2) is 4.79 Å². The van der Waals surface area contributed by atoms with Gasteiger partial charge in [0.2, 0.25) is 0 Å². The summed E-state index contributed by atoms with van der Waals surface area (Å²) in [5.74, 6) is -1.56. The van der Waals surface area contributed by atoms with Crippen molar-refractivity contribution >= 4 is 55.1 Å². The molecule has 0 spiro atoms. The quantitative estimate of drug-likeness (QED) is 0.837. The van der Waals surface area contributed by atoms with Crippen LogP contribution in [0.1, 0.15) is 23.5 Å². The van der Waals surface area contributed by atoms with Crippen LogP contribution in [0.15, 0.2) is 14.3 Å². The Balaban J connectivity index is 2.81. The molecule has 0 bridgehead atoms. The van der Waals surface area contributed by atoms with Crippen molar-refractivity contribution in [1.82, 2.24) is 5.32 Å². The summed E-state index contributed by atoms with van der Waals surface area (Å²) in [5.41, 5.74) is 0. The van der Waals surface area contributed by atoms with Gasteiger partial charge in [0.05, 0.1) is 8.66 Å². The van der Waals surface area contributed by atoms with Crippen LogP contribution in [0.4, 0.5) is 0 Å². The van der Waals surface area contributed by atoms with E-state index in [1.54, 1.807) is 19.9 Å². The number of carbonyl (C=O) groups excluding carboxylic acids is 1. The van der Waals surface area contributed by atoms with Crippen LogP contribution in [0.5, 0.6) is 0 Å². The van der Waals surface area contributed by atoms with Crippen LogP contribution in [0.2, 0.25) is 0 Å². The van der Waals surface area contributed by atoms with Gasteiger partial charge in [-0.15, -0.1) is 11.3 Å². The molecule has 17 heavy (non-hydrogen) atoms. The van der Waals surface area contributed by atoms with Gasteiger partial charge in [-0.2, -0.15) is 0 Å². The number of carboxylic acid groups (broad SMARTS) is 1. The molecule has 1 aromatic rings. The number of halogens is 2. The minimum absolute atomic E-state index is 0.164. The molecule has 1 rings (SSSR count). The summed E-state index contributed by atoms with van der Waals surface area (Å²) in [4.78, 5) is 23.2. The second-order valence-corrected chi connectivity index (χ2v) is 6.99. The van der Waals surface area contributed by atoms with E-state index >= 15 is 0 Å². The first-order valence-corrected chi connectivity index (χ1v) is 7.21. The molecule has 1 atom stereocenters. The molecule has 0 aliphatic heterocycles. The van der Waals surface area contributed by atoms with Crippen molar-refractivity contribution in [2.75, 3.05) is 0 Å². The van der Waals surface area contributed by atoms with E-state index in [0.717, 1.165) is 8.26 Å². The first-order chi connectivity index (χ1) is 7.82. The van der Waals surface area contributed by atoms with Crippen molar-refractivity contribution in [2.24, 2.45) is 5.92 Å². The van der Waals surface area contributed by atoms with E-state index in [-0.39, 0.29) is 11.8 Å². The largest absolute Gasteiger partial charge is 0.480 e. The van der Waals surface area contributed by atoms with Crippen LogP contribution in [0, 0.1) is 5.92 Å². The first-order valence-electron chi connectivity index (χ1n) is 4.81. The standard InChI is InChI=1S/C10H11Br2NO3S/c1-4(2)7(10(15)16)13-9(14)6-3-5(11)8(12)17-6/h3-4,7H,1-2H3,(H,13,14)(H,15,16). The smallest absolute Gasteiger partial charge is 0.326 e. The Bertz CT molecular complexity index is 425. The van der Waals surface area contributed by atoms with E-state index in [1.165, 1.54) is 11.3 Å². The van der Waals surface area contributed by atoms with Crippen molar-refractivity contribution in [3.05, 3.63) is 19.2 Å². The molecule has 1 amide bonds. The Morgan fingerprint density at radius 3 is 2.35 bits per heavy atom. The van der Waals surface area contributed by atoms with E-state index < -0.39 is 12.0 Å². The number of amides is 1. The van der Waals surface area contributed by atoms with Crippen LogP contribution in [0.25, 0.3) is 0 Å². The minimum atomic E-state index is -1.02. The van der Waals surface area contributed by atoms with Crippen molar-refractivity contribution in [3.8, 4) is 0 Å². The fraction of sp³-hybridized carbons (Fsp3) is 0.400. The molecule has 1 unspecified atom stereocenters. The van der Waals surface area contributed by atoms with E-state index in [9.17, 15) is 9.59 Å². The van der Waals surface area contributed by atoms with Crippen molar-refractivity contribution in [2.45, 2.75) is 19.9 Å². The summed E-state index contributed by atoms with van der Waals surface area (Å²) in [5, 5.41) is 11.5. The van der Waals surface area contributed by atoms with E-state index in [2.05, 4.69) is 37.2 Å². The lowest BCUT2D eigenvalue weighted by Crippen LogP contribution is -2.44. The number of aliphatic carboxylic acids is 1. The fourth-order valence-corrected chi connectivity index (χ4v) is 3.12. The van der Waals surface area contributed by atoms with Gasteiger partial charge in [0.25, 0.3) is 5.91 Å². The number of carboxylic acids is 1. The molecule has 0 saturated carbocycles. The van der Waals surface area contributed by atoms with Gasteiger partial charge >= 0.3 is 5.97 Å². The second kappa shape index (κ2) is 5.97. The highest BCUT2D eigenvalue weighted by molar-refractivity contribution is 9.13. The van der Waals surface area contributed by atoms with E-state index in [0.29, 0.717) is 4.88 Å². The third-order valence-electron chi connectivity index (χ3n) is 2.09. The average molecular weight is 385 g/mol. The van der Waals surface area contributed by atoms with E-state index in [4.69, 9.17) is 5.11 Å². The zero-order chi connectivity index (χ0) is 13.2. The van der Waals surface area contributed by atoms with Gasteiger partial charge in [-0.3, -0.25) is 4.79 Å². The van der Waals surface area contributed by atoms with Crippen LogP contribution in [-0.4, -0.2) is 23.0 Å². The molecule has 0 aliphatic rings. The molecule has 1 aromatic heterocycles. The Kier molecular flexibility index (Phi) is 5.15. The highest BCUT2D eigenvalue weighted by Crippen LogP contribution is 2.32. The normalized spacial score (nSPS) is 12.5. The van der Waals surface area contributed by atoms with Crippen molar-refractivity contribution in [1.29, 1.82) is 0 Å². The molecule has 7 heteroatoms. The van der Waals surface area contributed by atoms with Crippen molar-refractivity contribution in [3.63, 3.8) is 0 Å². The van der Waals surface area contributed by atoms with Gasteiger partial charge in [-0.1, -0.05) is 13.8 Å². The number of nitrogens with one attached hydrogen (secondary N) is 1. The van der Waals surface area contributed by atoms with Gasteiger partial charge in [-0.05, 0) is 43.8 Å². The summed E-state index contributed by atoms with van der Waals surface area (Å²) in [6.45, 7) is 3.50. The summed E-state index contributed by atoms with van der Waals surface area (Å²) in [6.07, 6.45) is 0. The maximum Gasteiger partial charge on any atom is 0.326 e. The summed E-state index contributed by atoms with van der Waals surface area (Å²) >= 11 is 7.81. The zero-order valence-electron chi connectivity index (χ0n) is 9.16. The molecule has 1 heterocycles. The predicted molar refractivity (Wildman–Crippen MR) is 73.4 cm³/mol. The molecule has 4 nitrogen and oxygen atoms in total. The molecule has 0 saturated heterocycles. The average Bonchev–Trinajstić information content (AvgIpc) is 2.54. The maximum atomic E-state index is 11.8. The van der Waals surface area contributed by atoms with Gasteiger partial charge in [0, 0.05) is 4.47 Å². The molecule has 0 radical (unpaired) electrons. The number of hydrogen-bond acceptors (Lipinski definition) is 3. The van der Waals surface area contributed by atoms with Crippen LogP contribution >= 0.6 is 43.2 Å². The maximum absolute atomic E-state index is 11.8. The lowest BCUT2D eigenvalue weighted by molar-refractivity contribution is -0.140. The topological polar surface area (TPSA) is 66.4 Å². The fourth-order valence-electron chi connectivity index (χ4n) is 1.18. The zero-order valence-corrected chi connectivity index (χ0v) is 13.1. The molecule has 0 fully saturated rings. The number of rotatable bonds is 4. The van der Waals surface area contributed by atoms with Crippen LogP contribution in [-0.2, 0) is 4.79 Å². The monoisotopic (exact) mass is 383 g/mol. The van der Waals surface area contributed by atoms with Crippen LogP contribution in [0.3, 0.4) is 0 Å². The third-order valence-corrected chi connectivity index (χ3v) is 5.34. The third kappa shape index (κ3) is 3.79. The number of carbonyl (C=O) groups is 2. The highest BCUT2D eigenvalue weighted by Gasteiger charge is 2.24. The summed E-state index contributed by atoms with van der Waals surface area (Å²) in [6, 6.07) is 0.783. The first kappa shape index (κ1) is 14.7. The van der Waals surface area contributed by atoms with Crippen molar-refractivity contribution < 1.29 is 14.7 Å². The Morgan fingerprint density at radius 1 is 1.41 bits per heavy atom. The Labute approximate surface area is 120 Å². The summed E-state index contributed by atoms with van der Waals surface area (Å²) < 4.78 is 1.59. The number of hydrogen-bond donors (Lipinski definition) is 2. The van der Waals surface area contributed by atoms with Gasteiger partial charge < -0.3 is 10.4 Å². The highest BCUT2D eigenvalue weighted by atomic mass is 79.9. The lowest BCUT2D eigenvalue weighted by atomic mass is 10.0. The van der Waals surface area contributed by atoms with E-state index in [1.807, 2.05) is 0 Å². The van der Waals surface area contributed by atoms with Crippen LogP contribution < -0.4 is 5.32 Å². The minimum Gasteiger partial charge on any atom is -0.480 e. The molecular formula is C10H11Br2NO3S. The molecular weight excluding hydrogens is 374 g/mol. The molecule has 94 valence electrons. The molecule has 2 N–H and O–H groups in total.